The van der Waals surface area contributed by atoms with Crippen molar-refractivity contribution in [1.82, 2.24) is 9.97 Å². The lowest BCUT2D eigenvalue weighted by Crippen LogP contribution is -1.93. The van der Waals surface area contributed by atoms with Crippen molar-refractivity contribution >= 4 is 22.8 Å². The third kappa shape index (κ3) is 2.66. The standard InChI is InChI=1S/C14H12N2O2S/c17-12-7-3-4-8-13(12)18-9-19-14-15-10-5-1-2-6-11(10)16-14/h1-8,17H,9H2,(H,15,16). The van der Waals surface area contributed by atoms with Gasteiger partial charge in [-0.25, -0.2) is 4.98 Å². The number of aromatic amines is 1. The number of aromatic nitrogens is 2. The fraction of sp³-hybridized carbons (Fsp3) is 0.0714. The van der Waals surface area contributed by atoms with Crippen LogP contribution in [-0.4, -0.2) is 21.0 Å². The maximum atomic E-state index is 9.56. The second-order valence-corrected chi connectivity index (χ2v) is 4.84. The molecule has 4 nitrogen and oxygen atoms in total. The average Bonchev–Trinajstić information content (AvgIpc) is 2.83. The van der Waals surface area contributed by atoms with Crippen LogP contribution in [0.1, 0.15) is 0 Å². The predicted molar refractivity (Wildman–Crippen MR) is 75.6 cm³/mol. The van der Waals surface area contributed by atoms with Crippen molar-refractivity contribution in [1.29, 1.82) is 0 Å². The second-order valence-electron chi connectivity index (χ2n) is 3.93. The number of H-pyrrole nitrogens is 1. The lowest BCUT2D eigenvalue weighted by molar-refractivity contribution is 0.358. The zero-order valence-corrected chi connectivity index (χ0v) is 10.9. The summed E-state index contributed by atoms with van der Waals surface area (Å²) in [5.41, 5.74) is 1.94. The van der Waals surface area contributed by atoms with E-state index in [1.807, 2.05) is 30.3 Å². The van der Waals surface area contributed by atoms with Gasteiger partial charge in [0.05, 0.1) is 11.0 Å². The average molecular weight is 272 g/mol. The summed E-state index contributed by atoms with van der Waals surface area (Å²) < 4.78 is 5.49. The highest BCUT2D eigenvalue weighted by Crippen LogP contribution is 2.26. The number of rotatable bonds is 4. The van der Waals surface area contributed by atoms with Gasteiger partial charge >= 0.3 is 0 Å². The fourth-order valence-electron chi connectivity index (χ4n) is 1.73. The van der Waals surface area contributed by atoms with Gasteiger partial charge in [0, 0.05) is 0 Å². The van der Waals surface area contributed by atoms with Crippen molar-refractivity contribution in [3.63, 3.8) is 0 Å². The first kappa shape index (κ1) is 11.9. The number of ether oxygens (including phenoxy) is 1. The molecular formula is C14H12N2O2S. The zero-order chi connectivity index (χ0) is 13.1. The molecule has 0 bridgehead atoms. The highest BCUT2D eigenvalue weighted by molar-refractivity contribution is 7.99. The van der Waals surface area contributed by atoms with Crippen LogP contribution in [0.3, 0.4) is 0 Å². The lowest BCUT2D eigenvalue weighted by atomic mass is 10.3. The zero-order valence-electron chi connectivity index (χ0n) is 10.0. The highest BCUT2D eigenvalue weighted by atomic mass is 32.2. The fourth-order valence-corrected chi connectivity index (χ4v) is 2.37. The van der Waals surface area contributed by atoms with Gasteiger partial charge < -0.3 is 14.8 Å². The molecule has 0 fully saturated rings. The molecule has 0 amide bonds. The van der Waals surface area contributed by atoms with Gasteiger partial charge in [-0.1, -0.05) is 24.3 Å². The summed E-state index contributed by atoms with van der Waals surface area (Å²) >= 11 is 1.45. The van der Waals surface area contributed by atoms with E-state index in [0.29, 0.717) is 11.7 Å². The van der Waals surface area contributed by atoms with E-state index in [1.165, 1.54) is 11.8 Å². The Balaban J connectivity index is 1.65. The monoisotopic (exact) mass is 272 g/mol. The summed E-state index contributed by atoms with van der Waals surface area (Å²) in [5, 5.41) is 10.4. The minimum absolute atomic E-state index is 0.146. The molecule has 2 aromatic carbocycles. The molecule has 0 spiro atoms. The molecule has 0 atom stereocenters. The van der Waals surface area contributed by atoms with Crippen molar-refractivity contribution in [3.8, 4) is 11.5 Å². The SMILES string of the molecule is Oc1ccccc1OCSc1nc2ccccc2[nH]1. The van der Waals surface area contributed by atoms with Crippen LogP contribution in [0, 0.1) is 0 Å². The molecule has 0 unspecified atom stereocenters. The Kier molecular flexibility index (Phi) is 3.29. The summed E-state index contributed by atoms with van der Waals surface area (Å²) in [6, 6.07) is 14.8. The normalized spacial score (nSPS) is 10.7. The van der Waals surface area contributed by atoms with Crippen LogP contribution in [-0.2, 0) is 0 Å². The molecule has 2 N–H and O–H groups in total. The van der Waals surface area contributed by atoms with Crippen LogP contribution in [0.4, 0.5) is 0 Å². The molecule has 96 valence electrons. The van der Waals surface area contributed by atoms with Crippen LogP contribution in [0.5, 0.6) is 11.5 Å². The number of nitrogens with zero attached hydrogens (tertiary/aromatic N) is 1. The minimum atomic E-state index is 0.146. The van der Waals surface area contributed by atoms with Gasteiger partial charge in [-0.05, 0) is 36.0 Å². The number of nitrogens with one attached hydrogen (secondary N) is 1. The molecule has 19 heavy (non-hydrogen) atoms. The molecule has 0 radical (unpaired) electrons. The molecule has 0 aliphatic heterocycles. The van der Waals surface area contributed by atoms with Crippen LogP contribution in [0.25, 0.3) is 11.0 Å². The minimum Gasteiger partial charge on any atom is -0.504 e. The van der Waals surface area contributed by atoms with Gasteiger partial charge in [0.25, 0.3) is 0 Å². The largest absolute Gasteiger partial charge is 0.504 e. The number of imidazole rings is 1. The number of aromatic hydroxyl groups is 1. The van der Waals surface area contributed by atoms with Gasteiger partial charge in [-0.2, -0.15) is 0 Å². The van der Waals surface area contributed by atoms with Crippen molar-refractivity contribution in [2.24, 2.45) is 0 Å². The maximum absolute atomic E-state index is 9.56. The highest BCUT2D eigenvalue weighted by Gasteiger charge is 2.04. The number of benzene rings is 2. The van der Waals surface area contributed by atoms with E-state index in [1.54, 1.807) is 18.2 Å². The Morgan fingerprint density at radius 3 is 2.74 bits per heavy atom. The first-order chi connectivity index (χ1) is 9.33. The molecule has 0 aliphatic rings. The van der Waals surface area contributed by atoms with E-state index in [9.17, 15) is 5.11 Å². The topological polar surface area (TPSA) is 58.1 Å². The number of hydrogen-bond donors (Lipinski definition) is 2. The van der Waals surface area contributed by atoms with E-state index >= 15 is 0 Å². The van der Waals surface area contributed by atoms with Gasteiger partial charge in [0.2, 0.25) is 0 Å². The van der Waals surface area contributed by atoms with E-state index in [2.05, 4.69) is 9.97 Å². The summed E-state index contributed by atoms with van der Waals surface area (Å²) in [6.07, 6.45) is 0. The quantitative estimate of drug-likeness (QED) is 0.564. The number of hydrogen-bond acceptors (Lipinski definition) is 4. The van der Waals surface area contributed by atoms with Crippen molar-refractivity contribution in [3.05, 3.63) is 48.5 Å². The van der Waals surface area contributed by atoms with Gasteiger partial charge in [-0.15, -0.1) is 0 Å². The predicted octanol–water partition coefficient (Wildman–Crippen LogP) is 3.40. The number of phenolic OH excluding ortho intramolecular Hbond substituents is 1. The smallest absolute Gasteiger partial charge is 0.169 e. The molecule has 5 heteroatoms. The molecule has 0 aliphatic carbocycles. The van der Waals surface area contributed by atoms with Crippen LogP contribution >= 0.6 is 11.8 Å². The number of thioether (sulfide) groups is 1. The van der Waals surface area contributed by atoms with Gasteiger partial charge in [0.1, 0.15) is 5.94 Å². The Morgan fingerprint density at radius 1 is 1.11 bits per heavy atom. The molecule has 3 aromatic rings. The third-order valence-corrected chi connectivity index (χ3v) is 3.35. The number of para-hydroxylation sites is 4. The van der Waals surface area contributed by atoms with E-state index in [0.717, 1.165) is 16.2 Å². The summed E-state index contributed by atoms with van der Waals surface area (Å²) in [7, 11) is 0. The number of fused-ring (bicyclic) bond motifs is 1. The van der Waals surface area contributed by atoms with E-state index in [-0.39, 0.29) is 5.75 Å². The summed E-state index contributed by atoms with van der Waals surface area (Å²) in [5.74, 6) is 1.01. The summed E-state index contributed by atoms with van der Waals surface area (Å²) in [6.45, 7) is 0. The maximum Gasteiger partial charge on any atom is 0.169 e. The van der Waals surface area contributed by atoms with E-state index < -0.39 is 0 Å². The lowest BCUT2D eigenvalue weighted by Gasteiger charge is -2.05. The molecule has 0 saturated heterocycles. The van der Waals surface area contributed by atoms with Crippen LogP contribution in [0.2, 0.25) is 0 Å². The molecule has 3 rings (SSSR count). The Hall–Kier alpha value is -2.14. The molecule has 0 saturated carbocycles. The Bertz CT molecular complexity index is 663. The van der Waals surface area contributed by atoms with Crippen LogP contribution in [0.15, 0.2) is 53.7 Å². The number of phenols is 1. The van der Waals surface area contributed by atoms with Crippen molar-refractivity contribution < 1.29 is 9.84 Å². The first-order valence-electron chi connectivity index (χ1n) is 5.81. The Labute approximate surface area is 114 Å². The molecular weight excluding hydrogens is 260 g/mol. The van der Waals surface area contributed by atoms with Gasteiger partial charge in [0.15, 0.2) is 16.7 Å². The summed E-state index contributed by atoms with van der Waals surface area (Å²) in [4.78, 5) is 7.64. The third-order valence-electron chi connectivity index (χ3n) is 2.64. The van der Waals surface area contributed by atoms with E-state index in [4.69, 9.17) is 4.74 Å². The molecule has 1 aromatic heterocycles. The second kappa shape index (κ2) is 5.24. The van der Waals surface area contributed by atoms with Gasteiger partial charge in [-0.3, -0.25) is 0 Å². The van der Waals surface area contributed by atoms with Crippen molar-refractivity contribution in [2.45, 2.75) is 5.16 Å². The van der Waals surface area contributed by atoms with Crippen molar-refractivity contribution in [2.75, 3.05) is 5.94 Å². The van der Waals surface area contributed by atoms with Crippen LogP contribution < -0.4 is 4.74 Å². The molecule has 1 heterocycles. The first-order valence-corrected chi connectivity index (χ1v) is 6.80. The Morgan fingerprint density at radius 2 is 1.89 bits per heavy atom.